The number of benzene rings is 4. The number of carboxylic acids is 3. The molecule has 9 nitrogen and oxygen atoms in total. The number of hydrogen-bond donors (Lipinski definition) is 4. The molecular formula is C40H45B2ClO9S2. The van der Waals surface area contributed by atoms with Gasteiger partial charge in [-0.3, -0.25) is 14.4 Å². The Balaban J connectivity index is 0. The van der Waals surface area contributed by atoms with Crippen molar-refractivity contribution < 1.29 is 44.1 Å². The van der Waals surface area contributed by atoms with Gasteiger partial charge in [0.15, 0.2) is 6.52 Å². The van der Waals surface area contributed by atoms with Gasteiger partial charge in [0.25, 0.3) is 1.43 Å². The first-order valence-electron chi connectivity index (χ1n) is 17.9. The van der Waals surface area contributed by atoms with Crippen molar-refractivity contribution >= 4 is 96.3 Å². The number of halogens is 1. The maximum atomic E-state index is 10.7. The Labute approximate surface area is 338 Å². The zero-order chi connectivity index (χ0) is 44.6. The molecule has 4 rings (SSSR count). The number of rotatable bonds is 10. The molecule has 3 N–H and O–H groups in total. The molecule has 0 saturated carbocycles. The smallest absolute Gasteiger partial charge is 0.335 e. The van der Waals surface area contributed by atoms with Gasteiger partial charge in [-0.25, -0.2) is 26.9 Å². The molecule has 4 aromatic rings. The van der Waals surface area contributed by atoms with Crippen LogP contribution in [-0.2, 0) is 0 Å². The zero-order valence-corrected chi connectivity index (χ0v) is 32.9. The molecule has 0 aromatic heterocycles. The lowest BCUT2D eigenvalue weighted by molar-refractivity contribution is 0.0686. The number of allylic oxidation sites excluding steroid dienone is 4. The molecule has 0 fully saturated rings. The topological polar surface area (TPSA) is 163 Å². The summed E-state index contributed by atoms with van der Waals surface area (Å²) in [4.78, 5) is 62.3. The number of carbonyl (C=O) groups is 6. The third-order valence-corrected chi connectivity index (χ3v) is 7.10. The van der Waals surface area contributed by atoms with Gasteiger partial charge in [-0.15, -0.1) is 0 Å². The van der Waals surface area contributed by atoms with Crippen LogP contribution in [0, 0.1) is 0 Å². The van der Waals surface area contributed by atoms with Gasteiger partial charge in [0.2, 0.25) is 0 Å². The number of carboxylic acid groups (broad SMARTS) is 3. The molecule has 4 aromatic carbocycles. The minimum Gasteiger partial charge on any atom is -0.478 e. The summed E-state index contributed by atoms with van der Waals surface area (Å²) in [5, 5.41) is 20.8. The van der Waals surface area contributed by atoms with E-state index in [1.54, 1.807) is 19.0 Å². The van der Waals surface area contributed by atoms with Crippen LogP contribution >= 0.6 is 34.1 Å². The first-order valence-corrected chi connectivity index (χ1v) is 18.1. The van der Waals surface area contributed by atoms with Crippen molar-refractivity contribution in [3.05, 3.63) is 154 Å². The van der Waals surface area contributed by atoms with Gasteiger partial charge in [-0.1, -0.05) is 90.6 Å². The van der Waals surface area contributed by atoms with Crippen LogP contribution in [0.4, 0.5) is 0 Å². The van der Waals surface area contributed by atoms with Gasteiger partial charge in [0, 0.05) is 16.7 Å². The Hall–Kier alpha value is -5.10. The summed E-state index contributed by atoms with van der Waals surface area (Å²) in [7, 11) is 5.31. The molecular weight excluding hydrogens is 746 g/mol. The van der Waals surface area contributed by atoms with Gasteiger partial charge in [-0.05, 0) is 107 Å². The van der Waals surface area contributed by atoms with Crippen molar-refractivity contribution in [2.75, 3.05) is 5.65 Å². The zero-order valence-electron chi connectivity index (χ0n) is 34.5. The molecule has 0 amide bonds. The third kappa shape index (κ3) is 22.8. The summed E-state index contributed by atoms with van der Waals surface area (Å²) in [6, 6.07) is 26.0. The quantitative estimate of drug-likeness (QED) is 0.0693. The lowest BCUT2D eigenvalue weighted by atomic mass is 10.1. The summed E-state index contributed by atoms with van der Waals surface area (Å²) in [5.41, 5.74) is 7.47. The molecule has 0 aliphatic heterocycles. The van der Waals surface area contributed by atoms with Gasteiger partial charge in [-0.2, -0.15) is 0 Å². The van der Waals surface area contributed by atoms with Gasteiger partial charge in [0.1, 0.15) is 26.6 Å². The normalized spacial score (nSPS) is 10.6. The summed E-state index contributed by atoms with van der Waals surface area (Å²) in [6.07, 6.45) is 6.25. The lowest BCUT2D eigenvalue weighted by Gasteiger charge is -2.00. The fraction of sp³-hybridized carbons (Fsp3) is 0.150. The molecule has 0 radical (unpaired) electrons. The van der Waals surface area contributed by atoms with E-state index in [1.807, 2.05) is 63.2 Å². The summed E-state index contributed by atoms with van der Waals surface area (Å²) in [5.74, 6) is -2.60. The standard InChI is InChI=1S/C11H12O2.C11H12O.2C8H6O3.CH4BClS.CH5BS/c1-3-8(2)9-4-6-10(7-5-9)11(12)13;1-3-9(2)11-6-4-10(8-12)5-7-11;2*9-5-6-1-3-7(4-2-6)8(10)11;2-1-4-3;1-2-3/h3-7H,1-2H3,(H,12,13);3-8H,1-2H3;2*1-5H,(H,10,11);1-2H2;2-3H,1H3/b8-3+;9-3+;;;;/i;;;;2TD;2D/hT. The van der Waals surface area contributed by atoms with Gasteiger partial charge < -0.3 is 15.3 Å². The van der Waals surface area contributed by atoms with Crippen LogP contribution in [-0.4, -0.2) is 76.0 Å². The molecule has 0 atom stereocenters. The van der Waals surface area contributed by atoms with E-state index in [4.69, 9.17) is 26.3 Å². The minimum absolute atomic E-state index is 0.190. The highest BCUT2D eigenvalue weighted by Gasteiger charge is 2.02. The van der Waals surface area contributed by atoms with Crippen molar-refractivity contribution in [3.8, 4) is 0 Å². The predicted octanol–water partition coefficient (Wildman–Crippen LogP) is 8.90. The lowest BCUT2D eigenvalue weighted by Crippen LogP contribution is -1.95. The Morgan fingerprint density at radius 1 is 0.722 bits per heavy atom. The molecule has 0 spiro atoms. The Bertz CT molecular complexity index is 1900. The Morgan fingerprint density at radius 3 is 1.19 bits per heavy atom. The third-order valence-electron chi connectivity index (χ3n) is 6.59. The molecule has 54 heavy (non-hydrogen) atoms. The molecule has 0 aliphatic carbocycles. The first-order chi connectivity index (χ1) is 27.4. The fourth-order valence-electron chi connectivity index (χ4n) is 3.44. The summed E-state index contributed by atoms with van der Waals surface area (Å²) in [6.45, 7) is 9.48. The number of carbonyl (C=O) groups excluding carboxylic acids is 3. The Morgan fingerprint density at radius 2 is 0.981 bits per heavy atom. The summed E-state index contributed by atoms with van der Waals surface area (Å²) >= 11 is 3.63. The average Bonchev–Trinajstić information content (AvgIpc) is 3.23. The summed E-state index contributed by atoms with van der Waals surface area (Å²) < 4.78 is 25.9. The molecule has 0 unspecified atom stereocenters. The van der Waals surface area contributed by atoms with Crippen molar-refractivity contribution in [3.63, 3.8) is 0 Å². The second-order valence-corrected chi connectivity index (χ2v) is 11.9. The first kappa shape index (κ1) is 43.3. The highest BCUT2D eigenvalue weighted by molar-refractivity contribution is 8.21. The largest absolute Gasteiger partial charge is 0.478 e. The van der Waals surface area contributed by atoms with Crippen LogP contribution in [0.2, 0.25) is 6.82 Å². The van der Waals surface area contributed by atoms with Gasteiger partial charge in [0.05, 0.1) is 16.7 Å². The fourth-order valence-corrected chi connectivity index (χ4v) is 3.44. The monoisotopic (exact) mass is 796 g/mol. The van der Waals surface area contributed by atoms with E-state index in [2.05, 4.69) is 30.6 Å². The minimum atomic E-state index is -0.984. The van der Waals surface area contributed by atoms with Crippen LogP contribution in [0.25, 0.3) is 12.6 Å². The molecule has 0 saturated heterocycles. The highest BCUT2D eigenvalue weighted by atomic mass is 35.7. The molecule has 284 valence electrons. The average molecular weight is 797 g/mol. The van der Waals surface area contributed by atoms with Crippen LogP contribution in [0.5, 0.6) is 0 Å². The maximum absolute atomic E-state index is 10.7. The number of thiol groups is 1. The molecule has 0 bridgehead atoms. The molecule has 14 heteroatoms. The Kier molecular flexibility index (Phi) is 25.2. The SMILES string of the molecule is C/C=C(\C)c1ccc(C(=O)O)cc1.C/C=C(\C)c1ccc(C=O)cc1.O=Cc1ccc(C(=O)O)cc1.[2H]B(C)S.[2H]B([3H])CSCl.[3H]OC(=O)c1ccc(C=O)cc1. The second-order valence-electron chi connectivity index (χ2n) is 10.2. The van der Waals surface area contributed by atoms with E-state index in [1.165, 1.54) is 59.7 Å². The van der Waals surface area contributed by atoms with Crippen LogP contribution in [0.15, 0.2) is 109 Å². The van der Waals surface area contributed by atoms with E-state index in [-0.39, 0.29) is 17.6 Å². The van der Waals surface area contributed by atoms with E-state index in [0.717, 1.165) is 34.0 Å². The van der Waals surface area contributed by atoms with E-state index >= 15 is 0 Å². The highest BCUT2D eigenvalue weighted by Crippen LogP contribution is 2.14. The van der Waals surface area contributed by atoms with Crippen molar-refractivity contribution in [2.45, 2.75) is 34.5 Å². The van der Waals surface area contributed by atoms with Crippen molar-refractivity contribution in [1.29, 1.82) is 5.44 Å². The number of aldehydes is 3. The van der Waals surface area contributed by atoms with E-state index < -0.39 is 25.7 Å². The van der Waals surface area contributed by atoms with Gasteiger partial charge >= 0.3 is 17.9 Å². The van der Waals surface area contributed by atoms with Crippen molar-refractivity contribution in [2.24, 2.45) is 0 Å². The van der Waals surface area contributed by atoms with E-state index in [0.29, 0.717) is 34.9 Å². The number of aromatic carboxylic acids is 3. The van der Waals surface area contributed by atoms with Crippen LogP contribution < -0.4 is 0 Å². The van der Waals surface area contributed by atoms with Crippen LogP contribution in [0.1, 0.15) is 101 Å². The molecule has 0 aliphatic rings. The molecule has 0 heterocycles. The predicted molar refractivity (Wildman–Crippen MR) is 230 cm³/mol. The maximum Gasteiger partial charge on any atom is 0.335 e. The van der Waals surface area contributed by atoms with E-state index in [9.17, 15) is 28.8 Å². The van der Waals surface area contributed by atoms with Crippen LogP contribution in [0.3, 0.4) is 0 Å². The number of hydrogen-bond acceptors (Lipinski definition) is 9. The second kappa shape index (κ2) is 31.4. The van der Waals surface area contributed by atoms with Crippen molar-refractivity contribution in [1.82, 2.24) is 0 Å².